The van der Waals surface area contributed by atoms with E-state index in [4.69, 9.17) is 9.47 Å². The van der Waals surface area contributed by atoms with Gasteiger partial charge in [-0.15, -0.1) is 14.8 Å². The summed E-state index contributed by atoms with van der Waals surface area (Å²) >= 11 is 0. The van der Waals surface area contributed by atoms with E-state index in [0.717, 1.165) is 31.9 Å². The van der Waals surface area contributed by atoms with Gasteiger partial charge < -0.3 is 14.4 Å². The van der Waals surface area contributed by atoms with Crippen LogP contribution in [0.25, 0.3) is 5.65 Å². The number of fused-ring (bicyclic) bond motifs is 1. The van der Waals surface area contributed by atoms with E-state index in [-0.39, 0.29) is 0 Å². The summed E-state index contributed by atoms with van der Waals surface area (Å²) in [7, 11) is 0. The number of tetrazole rings is 1. The van der Waals surface area contributed by atoms with Crippen molar-refractivity contribution in [3.8, 4) is 5.88 Å². The van der Waals surface area contributed by atoms with E-state index in [2.05, 4.69) is 37.7 Å². The molecule has 0 bridgehead atoms. The number of hydrogen-bond acceptors (Lipinski definition) is 7. The summed E-state index contributed by atoms with van der Waals surface area (Å²) in [5, 5.41) is 15.3. The molecule has 8 nitrogen and oxygen atoms in total. The summed E-state index contributed by atoms with van der Waals surface area (Å²) in [6.45, 7) is 3.83. The maximum absolute atomic E-state index is 5.74. The standard InChI is InChI=1S/C15H16N6O2/c1-2-12(10-13(3-1)20-6-8-22-9-7-20)11-23-15-5-4-14-16-18-19-21(14)17-15/h1-5,10H,6-9,11H2. The Bertz CT molecular complexity index is 799. The molecule has 0 saturated carbocycles. The second-order valence-corrected chi connectivity index (χ2v) is 5.26. The fourth-order valence-corrected chi connectivity index (χ4v) is 2.53. The van der Waals surface area contributed by atoms with Crippen molar-refractivity contribution >= 4 is 11.3 Å². The Morgan fingerprint density at radius 1 is 1.13 bits per heavy atom. The monoisotopic (exact) mass is 312 g/mol. The van der Waals surface area contributed by atoms with Gasteiger partial charge in [0.05, 0.1) is 13.2 Å². The zero-order valence-corrected chi connectivity index (χ0v) is 12.5. The lowest BCUT2D eigenvalue weighted by molar-refractivity contribution is 0.122. The molecule has 23 heavy (non-hydrogen) atoms. The molecular weight excluding hydrogens is 296 g/mol. The fourth-order valence-electron chi connectivity index (χ4n) is 2.53. The van der Waals surface area contributed by atoms with Crippen LogP contribution in [-0.2, 0) is 11.3 Å². The second kappa shape index (κ2) is 6.17. The van der Waals surface area contributed by atoms with E-state index >= 15 is 0 Å². The lowest BCUT2D eigenvalue weighted by Gasteiger charge is -2.29. The average Bonchev–Trinajstić information content (AvgIpc) is 3.09. The van der Waals surface area contributed by atoms with Gasteiger partial charge in [-0.2, -0.15) is 0 Å². The molecule has 1 aliphatic rings. The van der Waals surface area contributed by atoms with Crippen molar-refractivity contribution in [2.45, 2.75) is 6.61 Å². The van der Waals surface area contributed by atoms with Crippen LogP contribution in [0.5, 0.6) is 5.88 Å². The quantitative estimate of drug-likeness (QED) is 0.709. The highest BCUT2D eigenvalue weighted by Crippen LogP contribution is 2.18. The van der Waals surface area contributed by atoms with E-state index < -0.39 is 0 Å². The first-order valence-corrected chi connectivity index (χ1v) is 7.48. The predicted molar refractivity (Wildman–Crippen MR) is 82.4 cm³/mol. The molecule has 4 rings (SSSR count). The first-order chi connectivity index (χ1) is 11.4. The Morgan fingerprint density at radius 2 is 2.04 bits per heavy atom. The van der Waals surface area contributed by atoms with Gasteiger partial charge in [-0.1, -0.05) is 12.1 Å². The molecule has 2 aromatic heterocycles. The molecule has 0 N–H and O–H groups in total. The Morgan fingerprint density at radius 3 is 2.96 bits per heavy atom. The topological polar surface area (TPSA) is 77.7 Å². The molecule has 0 aliphatic carbocycles. The number of ether oxygens (including phenoxy) is 2. The zero-order valence-electron chi connectivity index (χ0n) is 12.5. The van der Waals surface area contributed by atoms with Gasteiger partial charge >= 0.3 is 0 Å². The first-order valence-electron chi connectivity index (χ1n) is 7.48. The summed E-state index contributed by atoms with van der Waals surface area (Å²) in [5.74, 6) is 0.488. The average molecular weight is 312 g/mol. The molecule has 1 saturated heterocycles. The van der Waals surface area contributed by atoms with Crippen LogP contribution in [0.1, 0.15) is 5.56 Å². The lowest BCUT2D eigenvalue weighted by Crippen LogP contribution is -2.36. The highest BCUT2D eigenvalue weighted by Gasteiger charge is 2.11. The van der Waals surface area contributed by atoms with E-state index in [0.29, 0.717) is 18.1 Å². The summed E-state index contributed by atoms with van der Waals surface area (Å²) in [5.41, 5.74) is 2.87. The van der Waals surface area contributed by atoms with E-state index in [1.165, 1.54) is 10.3 Å². The Balaban J connectivity index is 1.45. The van der Waals surface area contributed by atoms with Crippen LogP contribution in [-0.4, -0.2) is 51.6 Å². The molecule has 1 aromatic carbocycles. The Hall–Kier alpha value is -2.74. The zero-order chi connectivity index (χ0) is 15.5. The predicted octanol–water partition coefficient (Wildman–Crippen LogP) is 0.935. The lowest BCUT2D eigenvalue weighted by atomic mass is 10.2. The van der Waals surface area contributed by atoms with E-state index in [1.807, 2.05) is 12.1 Å². The van der Waals surface area contributed by atoms with Crippen molar-refractivity contribution in [2.75, 3.05) is 31.2 Å². The third kappa shape index (κ3) is 3.07. The van der Waals surface area contributed by atoms with Crippen LogP contribution >= 0.6 is 0 Å². The number of morpholine rings is 1. The molecule has 3 aromatic rings. The van der Waals surface area contributed by atoms with Crippen LogP contribution in [0.15, 0.2) is 36.4 Å². The molecule has 1 aliphatic heterocycles. The minimum atomic E-state index is 0.443. The van der Waals surface area contributed by atoms with Crippen molar-refractivity contribution in [1.29, 1.82) is 0 Å². The van der Waals surface area contributed by atoms with Crippen molar-refractivity contribution in [3.05, 3.63) is 42.0 Å². The highest BCUT2D eigenvalue weighted by molar-refractivity contribution is 5.48. The number of rotatable bonds is 4. The molecule has 0 atom stereocenters. The molecule has 0 spiro atoms. The smallest absolute Gasteiger partial charge is 0.233 e. The molecule has 0 amide bonds. The van der Waals surface area contributed by atoms with E-state index in [1.54, 1.807) is 12.1 Å². The minimum Gasteiger partial charge on any atom is -0.472 e. The van der Waals surface area contributed by atoms with Crippen LogP contribution in [0.2, 0.25) is 0 Å². The van der Waals surface area contributed by atoms with Crippen LogP contribution in [0.4, 0.5) is 5.69 Å². The number of nitrogens with zero attached hydrogens (tertiary/aromatic N) is 6. The number of benzene rings is 1. The third-order valence-corrected chi connectivity index (χ3v) is 3.72. The second-order valence-electron chi connectivity index (χ2n) is 5.26. The molecule has 0 radical (unpaired) electrons. The van der Waals surface area contributed by atoms with Crippen molar-refractivity contribution in [2.24, 2.45) is 0 Å². The van der Waals surface area contributed by atoms with Crippen LogP contribution in [0.3, 0.4) is 0 Å². The molecule has 3 heterocycles. The SMILES string of the molecule is c1cc(COc2ccc3nnnn3n2)cc(N2CCOCC2)c1. The number of aromatic nitrogens is 5. The van der Waals surface area contributed by atoms with E-state index in [9.17, 15) is 0 Å². The highest BCUT2D eigenvalue weighted by atomic mass is 16.5. The number of anilines is 1. The van der Waals surface area contributed by atoms with Crippen molar-refractivity contribution in [3.63, 3.8) is 0 Å². The van der Waals surface area contributed by atoms with Gasteiger partial charge in [-0.3, -0.25) is 0 Å². The summed E-state index contributed by atoms with van der Waals surface area (Å²) < 4.78 is 12.5. The summed E-state index contributed by atoms with van der Waals surface area (Å²) in [6, 6.07) is 11.9. The number of hydrogen-bond donors (Lipinski definition) is 0. The summed E-state index contributed by atoms with van der Waals surface area (Å²) in [6.07, 6.45) is 0. The molecule has 1 fully saturated rings. The molecule has 0 unspecified atom stereocenters. The molecule has 8 heteroatoms. The fraction of sp³-hybridized carbons (Fsp3) is 0.333. The normalized spacial score (nSPS) is 15.0. The van der Waals surface area contributed by atoms with Crippen molar-refractivity contribution < 1.29 is 9.47 Å². The van der Waals surface area contributed by atoms with Gasteiger partial charge in [0.15, 0.2) is 5.65 Å². The molecule has 118 valence electrons. The van der Waals surface area contributed by atoms with Gasteiger partial charge in [0.2, 0.25) is 5.88 Å². The van der Waals surface area contributed by atoms with Gasteiger partial charge in [0.25, 0.3) is 0 Å². The largest absolute Gasteiger partial charge is 0.472 e. The first kappa shape index (κ1) is 13.9. The molecular formula is C15H16N6O2. The summed E-state index contributed by atoms with van der Waals surface area (Å²) in [4.78, 5) is 2.32. The third-order valence-electron chi connectivity index (χ3n) is 3.72. The van der Waals surface area contributed by atoms with Gasteiger partial charge in [-0.25, -0.2) is 0 Å². The maximum Gasteiger partial charge on any atom is 0.233 e. The van der Waals surface area contributed by atoms with Gasteiger partial charge in [-0.05, 0) is 34.2 Å². The van der Waals surface area contributed by atoms with Crippen molar-refractivity contribution in [1.82, 2.24) is 25.3 Å². The van der Waals surface area contributed by atoms with Gasteiger partial charge in [0, 0.05) is 24.8 Å². The maximum atomic E-state index is 5.74. The van der Waals surface area contributed by atoms with Crippen LogP contribution in [0, 0.1) is 0 Å². The Kier molecular flexibility index (Phi) is 3.73. The Labute approximate surface area is 132 Å². The van der Waals surface area contributed by atoms with Crippen LogP contribution < -0.4 is 9.64 Å². The minimum absolute atomic E-state index is 0.443. The van der Waals surface area contributed by atoms with Gasteiger partial charge in [0.1, 0.15) is 6.61 Å².